The molecule has 4 rings (SSSR count). The van der Waals surface area contributed by atoms with E-state index in [1.54, 1.807) is 24.3 Å². The Kier molecular flexibility index (Phi) is 4.85. The van der Waals surface area contributed by atoms with Gasteiger partial charge in [0, 0.05) is 18.5 Å². The number of benzene rings is 2. The number of carbonyl (C=O) groups excluding carboxylic acids is 1. The average Bonchev–Trinajstić information content (AvgIpc) is 2.79. The van der Waals surface area contributed by atoms with Gasteiger partial charge in [-0.15, -0.1) is 0 Å². The van der Waals surface area contributed by atoms with Gasteiger partial charge in [-0.25, -0.2) is 4.98 Å². The molecular formula is C19H17Cl2N3O3. The first-order chi connectivity index (χ1) is 13.0. The summed E-state index contributed by atoms with van der Waals surface area (Å²) < 4.78 is 13.1. The van der Waals surface area contributed by atoms with E-state index in [-0.39, 0.29) is 12.3 Å². The number of amides is 1. The van der Waals surface area contributed by atoms with Crippen LogP contribution in [0.25, 0.3) is 11.0 Å². The molecule has 0 saturated carbocycles. The molecule has 3 aromatic rings. The number of anilines is 1. The topological polar surface area (TPSA) is 65.4 Å². The van der Waals surface area contributed by atoms with Gasteiger partial charge in [-0.3, -0.25) is 10.1 Å². The fourth-order valence-electron chi connectivity index (χ4n) is 3.03. The fourth-order valence-corrected chi connectivity index (χ4v) is 3.48. The monoisotopic (exact) mass is 405 g/mol. The zero-order valence-corrected chi connectivity index (χ0v) is 16.1. The molecule has 0 bridgehead atoms. The highest BCUT2D eigenvalue weighted by molar-refractivity contribution is 6.32. The molecule has 2 aromatic carbocycles. The number of ether oxygens (including phenoxy) is 2. The zero-order chi connectivity index (χ0) is 19.0. The summed E-state index contributed by atoms with van der Waals surface area (Å²) in [7, 11) is 1.84. The van der Waals surface area contributed by atoms with Crippen LogP contribution in [0, 0.1) is 0 Å². The van der Waals surface area contributed by atoms with Crippen LogP contribution in [0.3, 0.4) is 0 Å². The Bertz CT molecular complexity index is 1030. The van der Waals surface area contributed by atoms with E-state index >= 15 is 0 Å². The number of fused-ring (bicyclic) bond motifs is 2. The molecule has 1 N–H and O–H groups in total. The summed E-state index contributed by atoms with van der Waals surface area (Å²) in [6, 6.07) is 8.93. The second-order valence-electron chi connectivity index (χ2n) is 6.31. The van der Waals surface area contributed by atoms with E-state index in [9.17, 15) is 4.79 Å². The fraction of sp³-hybridized carbons (Fsp3) is 0.263. The highest BCUT2D eigenvalue weighted by Crippen LogP contribution is 2.38. The van der Waals surface area contributed by atoms with Crippen molar-refractivity contribution in [1.82, 2.24) is 9.55 Å². The Hall–Kier alpha value is -2.44. The molecule has 0 atom stereocenters. The smallest absolute Gasteiger partial charge is 0.231 e. The number of rotatable bonds is 3. The van der Waals surface area contributed by atoms with Gasteiger partial charge in [0.05, 0.1) is 35.7 Å². The third-order valence-electron chi connectivity index (χ3n) is 4.32. The average molecular weight is 406 g/mol. The highest BCUT2D eigenvalue weighted by Gasteiger charge is 2.18. The lowest BCUT2D eigenvalue weighted by atomic mass is 10.1. The Balaban J connectivity index is 1.54. The summed E-state index contributed by atoms with van der Waals surface area (Å²) in [4.78, 5) is 17.0. The highest BCUT2D eigenvalue weighted by atomic mass is 35.5. The summed E-state index contributed by atoms with van der Waals surface area (Å²) in [6.45, 7) is 1.12. The molecule has 0 aliphatic carbocycles. The minimum absolute atomic E-state index is 0.139. The van der Waals surface area contributed by atoms with Crippen molar-refractivity contribution in [3.05, 3.63) is 45.9 Å². The van der Waals surface area contributed by atoms with Crippen molar-refractivity contribution in [3.63, 3.8) is 0 Å². The van der Waals surface area contributed by atoms with Crippen LogP contribution in [0.1, 0.15) is 12.0 Å². The van der Waals surface area contributed by atoms with Gasteiger partial charge in [-0.1, -0.05) is 23.2 Å². The second kappa shape index (κ2) is 7.29. The summed E-state index contributed by atoms with van der Waals surface area (Å²) in [5.41, 5.74) is 2.34. The number of carbonyl (C=O) groups is 1. The van der Waals surface area contributed by atoms with E-state index < -0.39 is 0 Å². The van der Waals surface area contributed by atoms with Crippen molar-refractivity contribution in [2.75, 3.05) is 18.5 Å². The van der Waals surface area contributed by atoms with Gasteiger partial charge in [0.25, 0.3) is 0 Å². The van der Waals surface area contributed by atoms with Crippen LogP contribution in [-0.4, -0.2) is 28.7 Å². The van der Waals surface area contributed by atoms with Crippen molar-refractivity contribution in [2.45, 2.75) is 12.8 Å². The first-order valence-corrected chi connectivity index (χ1v) is 9.27. The minimum atomic E-state index is -0.204. The molecule has 1 aliphatic rings. The van der Waals surface area contributed by atoms with Crippen molar-refractivity contribution in [1.29, 1.82) is 0 Å². The van der Waals surface area contributed by atoms with Crippen molar-refractivity contribution >= 4 is 46.1 Å². The maximum absolute atomic E-state index is 12.5. The first-order valence-electron chi connectivity index (χ1n) is 8.51. The van der Waals surface area contributed by atoms with E-state index in [4.69, 9.17) is 32.7 Å². The van der Waals surface area contributed by atoms with Crippen molar-refractivity contribution < 1.29 is 14.3 Å². The van der Waals surface area contributed by atoms with Crippen molar-refractivity contribution in [2.24, 2.45) is 7.05 Å². The Morgan fingerprint density at radius 3 is 2.89 bits per heavy atom. The molecule has 27 heavy (non-hydrogen) atoms. The van der Waals surface area contributed by atoms with Crippen LogP contribution in [-0.2, 0) is 18.3 Å². The molecule has 2 heterocycles. The molecule has 0 fully saturated rings. The molecule has 6 nitrogen and oxygen atoms in total. The zero-order valence-electron chi connectivity index (χ0n) is 14.6. The van der Waals surface area contributed by atoms with Crippen LogP contribution >= 0.6 is 23.2 Å². The lowest BCUT2D eigenvalue weighted by Crippen LogP contribution is -2.17. The van der Waals surface area contributed by atoms with Crippen LogP contribution in [0.5, 0.6) is 11.5 Å². The van der Waals surface area contributed by atoms with Gasteiger partial charge in [0.1, 0.15) is 0 Å². The van der Waals surface area contributed by atoms with Gasteiger partial charge >= 0.3 is 0 Å². The lowest BCUT2D eigenvalue weighted by molar-refractivity contribution is -0.115. The summed E-state index contributed by atoms with van der Waals surface area (Å²) >= 11 is 12.3. The predicted molar refractivity (Wildman–Crippen MR) is 105 cm³/mol. The number of aromatic nitrogens is 2. The lowest BCUT2D eigenvalue weighted by Gasteiger charge is -2.11. The Morgan fingerprint density at radius 2 is 2.04 bits per heavy atom. The number of aryl methyl sites for hydroxylation is 1. The summed E-state index contributed by atoms with van der Waals surface area (Å²) in [5.74, 6) is 1.36. The van der Waals surface area contributed by atoms with Crippen LogP contribution in [0.2, 0.25) is 10.0 Å². The third-order valence-corrected chi connectivity index (χ3v) is 4.84. The molecule has 1 aliphatic heterocycles. The van der Waals surface area contributed by atoms with Gasteiger partial charge in [0.2, 0.25) is 11.9 Å². The molecule has 0 radical (unpaired) electrons. The van der Waals surface area contributed by atoms with E-state index in [0.29, 0.717) is 40.7 Å². The van der Waals surface area contributed by atoms with E-state index in [2.05, 4.69) is 10.3 Å². The van der Waals surface area contributed by atoms with Gasteiger partial charge < -0.3 is 14.0 Å². The number of nitrogens with zero attached hydrogens (tertiary/aromatic N) is 2. The van der Waals surface area contributed by atoms with Crippen LogP contribution in [0.4, 0.5) is 5.95 Å². The standard InChI is InChI=1S/C19H17Cl2N3O3/c1-24-15-4-3-12(20)10-14(15)22-19(24)23-17(25)9-11-7-13(21)18-16(8-11)26-5-2-6-27-18/h3-4,7-8,10H,2,5-6,9H2,1H3,(H,22,23,25). The largest absolute Gasteiger partial charge is 0.489 e. The Morgan fingerprint density at radius 1 is 1.22 bits per heavy atom. The third kappa shape index (κ3) is 3.68. The van der Waals surface area contributed by atoms with Crippen LogP contribution in [0.15, 0.2) is 30.3 Å². The SMILES string of the molecule is Cn1c(NC(=O)Cc2cc(Cl)c3c(c2)OCCCO3)nc2cc(Cl)ccc21. The number of halogens is 2. The van der Waals surface area contributed by atoms with E-state index in [0.717, 1.165) is 23.0 Å². The number of imidazole rings is 1. The van der Waals surface area contributed by atoms with E-state index in [1.165, 1.54) is 0 Å². The first kappa shape index (κ1) is 17.9. The minimum Gasteiger partial charge on any atom is -0.489 e. The molecule has 140 valence electrons. The maximum atomic E-state index is 12.5. The van der Waals surface area contributed by atoms with Gasteiger partial charge in [-0.05, 0) is 35.9 Å². The van der Waals surface area contributed by atoms with E-state index in [1.807, 2.05) is 17.7 Å². The number of nitrogens with one attached hydrogen (secondary N) is 1. The summed E-state index contributed by atoms with van der Waals surface area (Å²) in [5, 5.41) is 3.87. The molecule has 0 unspecified atom stereocenters. The molecule has 0 saturated heterocycles. The molecule has 0 spiro atoms. The number of hydrogen-bond acceptors (Lipinski definition) is 4. The Labute approximate surface area is 166 Å². The molecular weight excluding hydrogens is 389 g/mol. The number of hydrogen-bond donors (Lipinski definition) is 1. The quantitative estimate of drug-likeness (QED) is 0.708. The predicted octanol–water partition coefficient (Wildman–Crippen LogP) is 4.22. The van der Waals surface area contributed by atoms with Gasteiger partial charge in [0.15, 0.2) is 11.5 Å². The second-order valence-corrected chi connectivity index (χ2v) is 7.15. The normalized spacial score (nSPS) is 13.4. The van der Waals surface area contributed by atoms with Crippen molar-refractivity contribution in [3.8, 4) is 11.5 Å². The van der Waals surface area contributed by atoms with Gasteiger partial charge in [-0.2, -0.15) is 0 Å². The summed E-state index contributed by atoms with van der Waals surface area (Å²) in [6.07, 6.45) is 0.928. The molecule has 1 amide bonds. The molecule has 1 aromatic heterocycles. The maximum Gasteiger partial charge on any atom is 0.231 e. The van der Waals surface area contributed by atoms with Crippen LogP contribution < -0.4 is 14.8 Å². The molecule has 8 heteroatoms.